The highest BCUT2D eigenvalue weighted by Gasteiger charge is 2.44. The van der Waals surface area contributed by atoms with Crippen molar-refractivity contribution in [1.29, 1.82) is 0 Å². The number of imide groups is 1. The van der Waals surface area contributed by atoms with E-state index in [1.54, 1.807) is 0 Å². The first-order valence-corrected chi connectivity index (χ1v) is 10.2. The first kappa shape index (κ1) is 23.4. The second-order valence-electron chi connectivity index (χ2n) is 9.79. The maximum Gasteiger partial charge on any atom is 0.407 e. The van der Waals surface area contributed by atoms with Gasteiger partial charge in [0.25, 0.3) is 0 Å². The Bertz CT molecular complexity index is 517. The fourth-order valence-corrected chi connectivity index (χ4v) is 3.20. The van der Waals surface area contributed by atoms with Crippen molar-refractivity contribution in [3.63, 3.8) is 0 Å². The van der Waals surface area contributed by atoms with Gasteiger partial charge in [0.1, 0.15) is 6.61 Å². The molecule has 3 amide bonds. The van der Waals surface area contributed by atoms with E-state index in [0.29, 0.717) is 12.0 Å². The van der Waals surface area contributed by atoms with Crippen LogP contribution in [0.15, 0.2) is 0 Å². The molecule has 0 aliphatic carbocycles. The van der Waals surface area contributed by atoms with Gasteiger partial charge in [0.15, 0.2) is 0 Å². The number of unbranched alkanes of at least 4 members (excludes halogenated alkanes) is 3. The van der Waals surface area contributed by atoms with Gasteiger partial charge in [0, 0.05) is 13.0 Å². The lowest BCUT2D eigenvalue weighted by molar-refractivity contribution is -0.140. The molecule has 0 radical (unpaired) electrons. The molecule has 156 valence electrons. The van der Waals surface area contributed by atoms with E-state index in [9.17, 15) is 14.4 Å². The SMILES string of the molecule is CC(C)(C)CCCCCCNC(=O)OCCN1C(=O)CC(C(C)(C)C)C1=O. The lowest BCUT2D eigenvalue weighted by Crippen LogP contribution is -2.37. The molecule has 0 bridgehead atoms. The van der Waals surface area contributed by atoms with Gasteiger partial charge in [0.2, 0.25) is 11.8 Å². The van der Waals surface area contributed by atoms with Gasteiger partial charge in [-0.2, -0.15) is 0 Å². The summed E-state index contributed by atoms with van der Waals surface area (Å²) in [6.45, 7) is 13.4. The van der Waals surface area contributed by atoms with E-state index in [4.69, 9.17) is 4.74 Å². The van der Waals surface area contributed by atoms with Crippen LogP contribution >= 0.6 is 0 Å². The third-order valence-corrected chi connectivity index (χ3v) is 4.96. The number of amides is 3. The van der Waals surface area contributed by atoms with E-state index >= 15 is 0 Å². The van der Waals surface area contributed by atoms with E-state index in [1.807, 2.05) is 20.8 Å². The Labute approximate surface area is 164 Å². The van der Waals surface area contributed by atoms with Crippen molar-refractivity contribution in [2.45, 2.75) is 80.1 Å². The molecule has 0 aromatic heterocycles. The van der Waals surface area contributed by atoms with Crippen LogP contribution in [0.25, 0.3) is 0 Å². The number of likely N-dealkylation sites (tertiary alicyclic amines) is 1. The molecule has 1 saturated heterocycles. The lowest BCUT2D eigenvalue weighted by atomic mass is 9.80. The Hall–Kier alpha value is -1.59. The molecule has 0 aromatic rings. The smallest absolute Gasteiger partial charge is 0.407 e. The van der Waals surface area contributed by atoms with Crippen LogP contribution in [0.5, 0.6) is 0 Å². The molecule has 1 unspecified atom stereocenters. The van der Waals surface area contributed by atoms with Gasteiger partial charge in [-0.1, -0.05) is 60.8 Å². The summed E-state index contributed by atoms with van der Waals surface area (Å²) in [5.74, 6) is -0.636. The highest BCUT2D eigenvalue weighted by molar-refractivity contribution is 6.03. The number of rotatable bonds is 9. The van der Waals surface area contributed by atoms with Gasteiger partial charge in [-0.05, 0) is 23.7 Å². The van der Waals surface area contributed by atoms with E-state index in [2.05, 4.69) is 26.1 Å². The normalized spacial score (nSPS) is 18.1. The third-order valence-electron chi connectivity index (χ3n) is 4.96. The van der Waals surface area contributed by atoms with E-state index in [1.165, 1.54) is 24.2 Å². The van der Waals surface area contributed by atoms with Gasteiger partial charge < -0.3 is 10.1 Å². The van der Waals surface area contributed by atoms with Crippen molar-refractivity contribution < 1.29 is 19.1 Å². The van der Waals surface area contributed by atoms with Crippen LogP contribution in [0.4, 0.5) is 4.79 Å². The second kappa shape index (κ2) is 10.1. The van der Waals surface area contributed by atoms with Crippen LogP contribution in [-0.2, 0) is 14.3 Å². The minimum atomic E-state index is -0.490. The average molecular weight is 383 g/mol. The third kappa shape index (κ3) is 8.76. The molecule has 0 saturated carbocycles. The molecular weight excluding hydrogens is 344 g/mol. The standard InChI is InChI=1S/C21H38N2O4/c1-20(2,3)11-9-7-8-10-12-22-19(26)27-14-13-23-17(24)15-16(18(23)25)21(4,5)6/h16H,7-15H2,1-6H3,(H,22,26). The minimum absolute atomic E-state index is 0.0335. The number of carbonyl (C=O) groups excluding carboxylic acids is 3. The summed E-state index contributed by atoms with van der Waals surface area (Å²) in [5.41, 5.74) is 0.139. The van der Waals surface area contributed by atoms with Crippen molar-refractivity contribution in [3.8, 4) is 0 Å². The number of ether oxygens (including phenoxy) is 1. The highest BCUT2D eigenvalue weighted by Crippen LogP contribution is 2.35. The zero-order chi connectivity index (χ0) is 20.7. The van der Waals surface area contributed by atoms with Crippen LogP contribution in [0.2, 0.25) is 0 Å². The van der Waals surface area contributed by atoms with Crippen molar-refractivity contribution in [3.05, 3.63) is 0 Å². The summed E-state index contributed by atoms with van der Waals surface area (Å²) in [5, 5.41) is 2.72. The molecule has 1 aliphatic heterocycles. The molecular formula is C21H38N2O4. The first-order chi connectivity index (χ1) is 12.4. The number of nitrogens with zero attached hydrogens (tertiary/aromatic N) is 1. The number of nitrogens with one attached hydrogen (secondary N) is 1. The first-order valence-electron chi connectivity index (χ1n) is 10.2. The molecule has 1 N–H and O–H groups in total. The Balaban J connectivity index is 2.14. The van der Waals surface area contributed by atoms with Crippen LogP contribution < -0.4 is 5.32 Å². The minimum Gasteiger partial charge on any atom is -0.448 e. The summed E-state index contributed by atoms with van der Waals surface area (Å²) in [7, 11) is 0. The maximum atomic E-state index is 12.3. The molecule has 1 rings (SSSR count). The van der Waals surface area contributed by atoms with E-state index in [-0.39, 0.29) is 42.7 Å². The summed E-state index contributed by atoms with van der Waals surface area (Å²) in [6.07, 6.45) is 5.35. The van der Waals surface area contributed by atoms with Crippen molar-refractivity contribution in [2.75, 3.05) is 19.7 Å². The van der Waals surface area contributed by atoms with Gasteiger partial charge in [0.05, 0.1) is 12.5 Å². The fourth-order valence-electron chi connectivity index (χ4n) is 3.20. The van der Waals surface area contributed by atoms with Crippen molar-refractivity contribution in [2.24, 2.45) is 16.7 Å². The van der Waals surface area contributed by atoms with Crippen molar-refractivity contribution in [1.82, 2.24) is 10.2 Å². The molecule has 1 atom stereocenters. The largest absolute Gasteiger partial charge is 0.448 e. The average Bonchev–Trinajstić information content (AvgIpc) is 2.81. The zero-order valence-electron chi connectivity index (χ0n) is 18.0. The van der Waals surface area contributed by atoms with Crippen LogP contribution in [0, 0.1) is 16.7 Å². The second-order valence-corrected chi connectivity index (χ2v) is 9.79. The van der Waals surface area contributed by atoms with E-state index < -0.39 is 6.09 Å². The molecule has 6 heteroatoms. The molecule has 0 spiro atoms. The predicted octanol–water partition coefficient (Wildman–Crippen LogP) is 4.13. The molecule has 27 heavy (non-hydrogen) atoms. The molecule has 6 nitrogen and oxygen atoms in total. The quantitative estimate of drug-likeness (QED) is 0.480. The molecule has 1 aliphatic rings. The summed E-state index contributed by atoms with van der Waals surface area (Å²) >= 11 is 0. The lowest BCUT2D eigenvalue weighted by Gasteiger charge is -2.24. The highest BCUT2D eigenvalue weighted by atomic mass is 16.5. The topological polar surface area (TPSA) is 75.7 Å². The van der Waals surface area contributed by atoms with E-state index in [0.717, 1.165) is 12.8 Å². The molecule has 1 fully saturated rings. The van der Waals surface area contributed by atoms with Gasteiger partial charge >= 0.3 is 6.09 Å². The molecule has 1 heterocycles. The van der Waals surface area contributed by atoms with Gasteiger partial charge in [-0.15, -0.1) is 0 Å². The Morgan fingerprint density at radius 2 is 1.70 bits per heavy atom. The number of hydrogen-bond acceptors (Lipinski definition) is 4. The maximum absolute atomic E-state index is 12.3. The Morgan fingerprint density at radius 1 is 1.07 bits per heavy atom. The Kier molecular flexibility index (Phi) is 8.76. The number of carbonyl (C=O) groups is 3. The zero-order valence-corrected chi connectivity index (χ0v) is 18.0. The van der Waals surface area contributed by atoms with Crippen molar-refractivity contribution >= 4 is 17.9 Å². The molecule has 0 aromatic carbocycles. The Morgan fingerprint density at radius 3 is 2.26 bits per heavy atom. The summed E-state index contributed by atoms with van der Waals surface area (Å²) in [4.78, 5) is 37.3. The number of hydrogen-bond donors (Lipinski definition) is 1. The van der Waals surface area contributed by atoms with Gasteiger partial charge in [-0.3, -0.25) is 14.5 Å². The summed E-state index contributed by atoms with van der Waals surface area (Å²) < 4.78 is 5.10. The fraction of sp³-hybridized carbons (Fsp3) is 0.857. The van der Waals surface area contributed by atoms with Gasteiger partial charge in [-0.25, -0.2) is 4.79 Å². The van der Waals surface area contributed by atoms with Crippen LogP contribution in [0.3, 0.4) is 0 Å². The number of alkyl carbamates (subject to hydrolysis) is 1. The predicted molar refractivity (Wildman–Crippen MR) is 106 cm³/mol. The van der Waals surface area contributed by atoms with Crippen LogP contribution in [0.1, 0.15) is 80.1 Å². The van der Waals surface area contributed by atoms with Crippen LogP contribution in [-0.4, -0.2) is 42.5 Å². The monoisotopic (exact) mass is 382 g/mol. The summed E-state index contributed by atoms with van der Waals surface area (Å²) in [6, 6.07) is 0.